The molecule has 1 heterocycles. The first-order chi connectivity index (χ1) is 13.7. The van der Waals surface area contributed by atoms with Crippen molar-refractivity contribution in [2.45, 2.75) is 18.8 Å². The molecule has 0 radical (unpaired) electrons. The van der Waals surface area contributed by atoms with E-state index in [4.69, 9.17) is 5.21 Å². The van der Waals surface area contributed by atoms with Crippen molar-refractivity contribution < 1.29 is 14.8 Å². The van der Waals surface area contributed by atoms with E-state index in [-0.39, 0.29) is 5.91 Å². The summed E-state index contributed by atoms with van der Waals surface area (Å²) < 4.78 is 0. The largest absolute Gasteiger partial charge is 0.339 e. The van der Waals surface area contributed by atoms with Gasteiger partial charge in [0.2, 0.25) is 5.91 Å². The highest BCUT2D eigenvalue weighted by Crippen LogP contribution is 2.26. The molecule has 1 fully saturated rings. The fourth-order valence-corrected chi connectivity index (χ4v) is 3.42. The van der Waals surface area contributed by atoms with E-state index in [9.17, 15) is 9.59 Å². The number of hydrogen-bond acceptors (Lipinski definition) is 3. The third-order valence-electron chi connectivity index (χ3n) is 4.87. The Bertz CT molecular complexity index is 874. The molecule has 0 bridgehead atoms. The summed E-state index contributed by atoms with van der Waals surface area (Å²) in [6, 6.07) is 17.8. The fourth-order valence-electron chi connectivity index (χ4n) is 3.42. The third-order valence-corrected chi connectivity index (χ3v) is 4.87. The lowest BCUT2D eigenvalue weighted by atomic mass is 9.90. The first-order valence-electron chi connectivity index (χ1n) is 9.40. The van der Waals surface area contributed by atoms with Crippen LogP contribution in [0.25, 0.3) is 12.2 Å². The predicted octanol–water partition coefficient (Wildman–Crippen LogP) is 3.62. The maximum Gasteiger partial charge on any atom is 0.267 e. The smallest absolute Gasteiger partial charge is 0.267 e. The van der Waals surface area contributed by atoms with Gasteiger partial charge >= 0.3 is 0 Å². The number of hydrogen-bond donors (Lipinski definition) is 2. The standard InChI is InChI=1S/C23H24N2O3/c26-22(24-28)13-11-18-6-4-7-19(16-18)12-14-23(27)25-15-5-10-21(17-25)20-8-2-1-3-9-20/h1-4,6-9,11-14,16,21,28H,5,10,15,17H2,(H,24,26)/b13-11+,14-12+. The average Bonchev–Trinajstić information content (AvgIpc) is 2.76. The minimum atomic E-state index is -0.589. The van der Waals surface area contributed by atoms with Crippen molar-refractivity contribution in [3.8, 4) is 0 Å². The summed E-state index contributed by atoms with van der Waals surface area (Å²) in [7, 11) is 0. The maximum atomic E-state index is 12.6. The third kappa shape index (κ3) is 5.41. The van der Waals surface area contributed by atoms with E-state index in [1.54, 1.807) is 23.7 Å². The van der Waals surface area contributed by atoms with Crippen molar-refractivity contribution in [1.29, 1.82) is 0 Å². The van der Waals surface area contributed by atoms with E-state index in [1.807, 2.05) is 47.4 Å². The van der Waals surface area contributed by atoms with Crippen LogP contribution in [-0.4, -0.2) is 35.0 Å². The molecule has 5 heteroatoms. The molecule has 28 heavy (non-hydrogen) atoms. The highest BCUT2D eigenvalue weighted by atomic mass is 16.5. The molecule has 0 aliphatic carbocycles. The lowest BCUT2D eigenvalue weighted by Gasteiger charge is -2.32. The van der Waals surface area contributed by atoms with Gasteiger partial charge in [-0.2, -0.15) is 0 Å². The first-order valence-corrected chi connectivity index (χ1v) is 9.40. The van der Waals surface area contributed by atoms with Gasteiger partial charge in [-0.25, -0.2) is 5.48 Å². The van der Waals surface area contributed by atoms with Gasteiger partial charge < -0.3 is 4.90 Å². The van der Waals surface area contributed by atoms with E-state index in [1.165, 1.54) is 11.6 Å². The molecule has 0 aromatic heterocycles. The predicted molar refractivity (Wildman–Crippen MR) is 109 cm³/mol. The van der Waals surface area contributed by atoms with Crippen LogP contribution in [-0.2, 0) is 9.59 Å². The Morgan fingerprint density at radius 3 is 2.43 bits per heavy atom. The van der Waals surface area contributed by atoms with Gasteiger partial charge in [0.25, 0.3) is 5.91 Å². The van der Waals surface area contributed by atoms with Crippen molar-refractivity contribution in [1.82, 2.24) is 10.4 Å². The summed E-state index contributed by atoms with van der Waals surface area (Å²) in [4.78, 5) is 25.6. The molecule has 2 amide bonds. The second-order valence-corrected chi connectivity index (χ2v) is 6.85. The molecular formula is C23H24N2O3. The Morgan fingerprint density at radius 1 is 1.00 bits per heavy atom. The van der Waals surface area contributed by atoms with Crippen molar-refractivity contribution in [3.05, 3.63) is 83.4 Å². The number of carbonyl (C=O) groups is 2. The summed E-state index contributed by atoms with van der Waals surface area (Å²) >= 11 is 0. The van der Waals surface area contributed by atoms with Gasteiger partial charge in [0, 0.05) is 31.2 Å². The zero-order valence-corrected chi connectivity index (χ0v) is 15.6. The number of hydroxylamine groups is 1. The van der Waals surface area contributed by atoms with E-state index in [0.29, 0.717) is 5.92 Å². The monoisotopic (exact) mass is 376 g/mol. The summed E-state index contributed by atoms with van der Waals surface area (Å²) in [5.41, 5.74) is 4.52. The van der Waals surface area contributed by atoms with E-state index in [2.05, 4.69) is 12.1 Å². The van der Waals surface area contributed by atoms with Crippen LogP contribution in [0.4, 0.5) is 0 Å². The summed E-state index contributed by atoms with van der Waals surface area (Å²) in [6.45, 7) is 1.53. The average molecular weight is 376 g/mol. The van der Waals surface area contributed by atoms with Crippen molar-refractivity contribution in [2.75, 3.05) is 13.1 Å². The Morgan fingerprint density at radius 2 is 1.71 bits per heavy atom. The number of amides is 2. The zero-order chi connectivity index (χ0) is 19.8. The van der Waals surface area contributed by atoms with E-state index < -0.39 is 5.91 Å². The molecule has 2 aromatic carbocycles. The van der Waals surface area contributed by atoms with Gasteiger partial charge in [0.1, 0.15) is 0 Å². The minimum absolute atomic E-state index is 0.0150. The number of benzene rings is 2. The molecule has 5 nitrogen and oxygen atoms in total. The summed E-state index contributed by atoms with van der Waals surface area (Å²) in [5.74, 6) is -0.186. The Kier molecular flexibility index (Phi) is 6.76. The molecule has 2 N–H and O–H groups in total. The quantitative estimate of drug-likeness (QED) is 0.476. The van der Waals surface area contributed by atoms with Crippen LogP contribution in [0.3, 0.4) is 0 Å². The zero-order valence-electron chi connectivity index (χ0n) is 15.6. The fraction of sp³-hybridized carbons (Fsp3) is 0.217. The number of rotatable bonds is 5. The second-order valence-electron chi connectivity index (χ2n) is 6.85. The van der Waals surface area contributed by atoms with Crippen LogP contribution >= 0.6 is 0 Å². The molecule has 1 atom stereocenters. The summed E-state index contributed by atoms with van der Waals surface area (Å²) in [5, 5.41) is 8.52. The number of likely N-dealkylation sites (tertiary alicyclic amines) is 1. The number of nitrogens with zero attached hydrogens (tertiary/aromatic N) is 1. The van der Waals surface area contributed by atoms with Gasteiger partial charge in [-0.1, -0.05) is 48.5 Å². The van der Waals surface area contributed by atoms with Crippen LogP contribution in [0.1, 0.15) is 35.4 Å². The van der Waals surface area contributed by atoms with Gasteiger partial charge in [-0.15, -0.1) is 0 Å². The lowest BCUT2D eigenvalue weighted by molar-refractivity contribution is -0.127. The molecule has 2 aromatic rings. The van der Waals surface area contributed by atoms with Gasteiger partial charge in [-0.05, 0) is 47.8 Å². The highest BCUT2D eigenvalue weighted by molar-refractivity contribution is 5.92. The molecule has 0 spiro atoms. The van der Waals surface area contributed by atoms with Crippen molar-refractivity contribution in [3.63, 3.8) is 0 Å². The van der Waals surface area contributed by atoms with Crippen molar-refractivity contribution >= 4 is 24.0 Å². The molecule has 1 aliphatic rings. The normalized spacial score (nSPS) is 17.2. The number of piperidine rings is 1. The Balaban J connectivity index is 1.63. The topological polar surface area (TPSA) is 69.6 Å². The van der Waals surface area contributed by atoms with Gasteiger partial charge in [0.15, 0.2) is 0 Å². The number of nitrogens with one attached hydrogen (secondary N) is 1. The van der Waals surface area contributed by atoms with E-state index >= 15 is 0 Å². The molecule has 1 unspecified atom stereocenters. The number of carbonyl (C=O) groups excluding carboxylic acids is 2. The molecule has 3 rings (SSSR count). The van der Waals surface area contributed by atoms with Crippen LogP contribution in [0.15, 0.2) is 66.7 Å². The first kappa shape index (κ1) is 19.6. The van der Waals surface area contributed by atoms with Crippen LogP contribution in [0.2, 0.25) is 0 Å². The van der Waals surface area contributed by atoms with Crippen molar-refractivity contribution in [2.24, 2.45) is 0 Å². The van der Waals surface area contributed by atoms with E-state index in [0.717, 1.165) is 37.1 Å². The molecular weight excluding hydrogens is 352 g/mol. The molecule has 144 valence electrons. The Labute approximate surface area is 164 Å². The highest BCUT2D eigenvalue weighted by Gasteiger charge is 2.23. The molecule has 0 saturated carbocycles. The SMILES string of the molecule is O=C(/C=C/c1cccc(/C=C/C(=O)N2CCCC(c3ccccc3)C2)c1)NO. The minimum Gasteiger partial charge on any atom is -0.339 e. The van der Waals surface area contributed by atoms with Crippen LogP contribution in [0, 0.1) is 0 Å². The Hall–Kier alpha value is -3.18. The summed E-state index contributed by atoms with van der Waals surface area (Å²) in [6.07, 6.45) is 8.35. The van der Waals surface area contributed by atoms with Gasteiger partial charge in [-0.3, -0.25) is 14.8 Å². The van der Waals surface area contributed by atoms with Gasteiger partial charge in [0.05, 0.1) is 0 Å². The lowest BCUT2D eigenvalue weighted by Crippen LogP contribution is -2.38. The molecule has 1 saturated heterocycles. The second kappa shape index (κ2) is 9.67. The van der Waals surface area contributed by atoms with Crippen LogP contribution < -0.4 is 5.48 Å². The maximum absolute atomic E-state index is 12.6. The molecule has 1 aliphatic heterocycles. The van der Waals surface area contributed by atoms with Crippen LogP contribution in [0.5, 0.6) is 0 Å².